The van der Waals surface area contributed by atoms with Crippen LogP contribution in [0.3, 0.4) is 0 Å². The lowest BCUT2D eigenvalue weighted by Crippen LogP contribution is -2.25. The van der Waals surface area contributed by atoms with Crippen LogP contribution in [0.2, 0.25) is 0 Å². The van der Waals surface area contributed by atoms with Gasteiger partial charge in [-0.05, 0) is 47.3 Å². The zero-order valence-electron chi connectivity index (χ0n) is 8.97. The molecule has 0 saturated carbocycles. The van der Waals surface area contributed by atoms with Gasteiger partial charge >= 0.3 is 0 Å². The first-order valence-corrected chi connectivity index (χ1v) is 8.02. The van der Waals surface area contributed by atoms with Crippen molar-refractivity contribution in [1.29, 1.82) is 0 Å². The molecule has 0 saturated heterocycles. The molecule has 1 aromatic heterocycles. The van der Waals surface area contributed by atoms with Gasteiger partial charge in [0.1, 0.15) is 0 Å². The number of carbonyl (C=O) groups is 1. The van der Waals surface area contributed by atoms with Crippen molar-refractivity contribution in [3.05, 3.63) is 20.8 Å². The van der Waals surface area contributed by atoms with Gasteiger partial charge in [-0.3, -0.25) is 4.79 Å². The van der Waals surface area contributed by atoms with Crippen molar-refractivity contribution in [2.75, 3.05) is 11.9 Å². The summed E-state index contributed by atoms with van der Waals surface area (Å²) in [7, 11) is 0. The van der Waals surface area contributed by atoms with E-state index in [0.717, 1.165) is 34.9 Å². The molecule has 0 bridgehead atoms. The third kappa shape index (κ3) is 6.01. The Morgan fingerprint density at radius 3 is 2.81 bits per heavy atom. The molecule has 1 heterocycles. The van der Waals surface area contributed by atoms with Gasteiger partial charge in [0.2, 0.25) is 5.91 Å². The van der Waals surface area contributed by atoms with Crippen LogP contribution in [0.4, 0.5) is 0 Å². The number of thiophene rings is 1. The van der Waals surface area contributed by atoms with Gasteiger partial charge in [-0.15, -0.1) is 11.3 Å². The van der Waals surface area contributed by atoms with Crippen LogP contribution in [0.1, 0.15) is 24.1 Å². The van der Waals surface area contributed by atoms with E-state index in [9.17, 15) is 4.79 Å². The van der Waals surface area contributed by atoms with Crippen molar-refractivity contribution in [3.8, 4) is 0 Å². The van der Waals surface area contributed by atoms with E-state index in [0.29, 0.717) is 6.42 Å². The molecule has 0 radical (unpaired) electrons. The smallest absolute Gasteiger partial charge is 0.220 e. The van der Waals surface area contributed by atoms with Crippen LogP contribution < -0.4 is 5.32 Å². The third-order valence-electron chi connectivity index (χ3n) is 2.11. The van der Waals surface area contributed by atoms with E-state index in [-0.39, 0.29) is 5.91 Å². The third-order valence-corrected chi connectivity index (χ3v) is 4.35. The van der Waals surface area contributed by atoms with Gasteiger partial charge < -0.3 is 5.32 Å². The summed E-state index contributed by atoms with van der Waals surface area (Å²) < 4.78 is 1.14. The first kappa shape index (κ1) is 14.2. The van der Waals surface area contributed by atoms with Gasteiger partial charge in [-0.2, -0.15) is 0 Å². The Morgan fingerprint density at radius 2 is 2.19 bits per heavy atom. The van der Waals surface area contributed by atoms with Crippen molar-refractivity contribution in [2.45, 2.75) is 25.7 Å². The molecule has 5 heteroatoms. The molecule has 1 aromatic rings. The van der Waals surface area contributed by atoms with Gasteiger partial charge in [-0.1, -0.05) is 15.9 Å². The van der Waals surface area contributed by atoms with Crippen LogP contribution in [0.25, 0.3) is 0 Å². The Balaban J connectivity index is 2.08. The summed E-state index contributed by atoms with van der Waals surface area (Å²) in [5, 5.41) is 3.91. The van der Waals surface area contributed by atoms with E-state index in [1.165, 1.54) is 4.88 Å². The second-order valence-corrected chi connectivity index (χ2v) is 6.79. The predicted molar refractivity (Wildman–Crippen MR) is 76.4 cm³/mol. The summed E-state index contributed by atoms with van der Waals surface area (Å²) in [4.78, 5) is 12.7. The maximum absolute atomic E-state index is 11.4. The molecular weight excluding hydrogens is 354 g/mol. The van der Waals surface area contributed by atoms with Crippen molar-refractivity contribution in [1.82, 2.24) is 5.32 Å². The Kier molecular flexibility index (Phi) is 7.32. The highest BCUT2D eigenvalue weighted by Crippen LogP contribution is 2.21. The average Bonchev–Trinajstić information content (AvgIpc) is 2.65. The Hall–Kier alpha value is 0.130. The minimum atomic E-state index is 0.163. The molecule has 0 unspecified atom stereocenters. The Labute approximate surface area is 117 Å². The lowest BCUT2D eigenvalue weighted by Gasteiger charge is -2.03. The van der Waals surface area contributed by atoms with Crippen LogP contribution in [-0.4, -0.2) is 17.8 Å². The van der Waals surface area contributed by atoms with Crippen LogP contribution >= 0.6 is 43.2 Å². The minimum absolute atomic E-state index is 0.163. The molecule has 0 fully saturated rings. The predicted octanol–water partition coefficient (Wildman–Crippen LogP) is 3.73. The summed E-state index contributed by atoms with van der Waals surface area (Å²) in [5.41, 5.74) is 0. The van der Waals surface area contributed by atoms with Gasteiger partial charge in [0.25, 0.3) is 0 Å². The first-order valence-electron chi connectivity index (χ1n) is 5.29. The van der Waals surface area contributed by atoms with E-state index in [2.05, 4.69) is 43.2 Å². The van der Waals surface area contributed by atoms with E-state index in [1.807, 2.05) is 6.07 Å². The highest BCUT2D eigenvalue weighted by molar-refractivity contribution is 9.11. The standard InChI is InChI=1S/C11H15Br2NOS/c12-7-2-1-3-11(15)14-8-6-9-4-5-10(13)16-9/h4-5H,1-3,6-8H2,(H,14,15). The maximum atomic E-state index is 11.4. The Morgan fingerprint density at radius 1 is 1.38 bits per heavy atom. The van der Waals surface area contributed by atoms with Crippen LogP contribution in [0.15, 0.2) is 15.9 Å². The van der Waals surface area contributed by atoms with Gasteiger partial charge in [0.05, 0.1) is 3.79 Å². The number of unbranched alkanes of at least 4 members (excludes halogenated alkanes) is 1. The quantitative estimate of drug-likeness (QED) is 0.576. The van der Waals surface area contributed by atoms with E-state index in [4.69, 9.17) is 0 Å². The molecule has 0 atom stereocenters. The summed E-state index contributed by atoms with van der Waals surface area (Å²) in [6.45, 7) is 0.736. The van der Waals surface area contributed by atoms with Crippen molar-refractivity contribution < 1.29 is 4.79 Å². The van der Waals surface area contributed by atoms with Crippen molar-refractivity contribution >= 4 is 49.1 Å². The van der Waals surface area contributed by atoms with E-state index >= 15 is 0 Å². The minimum Gasteiger partial charge on any atom is -0.356 e. The molecule has 1 rings (SSSR count). The average molecular weight is 369 g/mol. The lowest BCUT2D eigenvalue weighted by molar-refractivity contribution is -0.121. The van der Waals surface area contributed by atoms with Crippen molar-refractivity contribution in [2.24, 2.45) is 0 Å². The first-order chi connectivity index (χ1) is 7.72. The number of hydrogen-bond acceptors (Lipinski definition) is 2. The second-order valence-electron chi connectivity index (χ2n) is 3.45. The Bertz CT molecular complexity index is 328. The zero-order valence-corrected chi connectivity index (χ0v) is 13.0. The fourth-order valence-electron chi connectivity index (χ4n) is 1.28. The number of alkyl halides is 1. The van der Waals surface area contributed by atoms with E-state index in [1.54, 1.807) is 11.3 Å². The van der Waals surface area contributed by atoms with Crippen molar-refractivity contribution in [3.63, 3.8) is 0 Å². The van der Waals surface area contributed by atoms with Gasteiger partial charge in [0, 0.05) is 23.2 Å². The number of rotatable bonds is 7. The molecular formula is C11H15Br2NOS. The van der Waals surface area contributed by atoms with Gasteiger partial charge in [-0.25, -0.2) is 0 Å². The largest absolute Gasteiger partial charge is 0.356 e. The SMILES string of the molecule is O=C(CCCCBr)NCCc1ccc(Br)s1. The lowest BCUT2D eigenvalue weighted by atomic mass is 10.2. The van der Waals surface area contributed by atoms with Crippen LogP contribution in [-0.2, 0) is 11.2 Å². The summed E-state index contributed by atoms with van der Waals surface area (Å²) >= 11 is 8.49. The molecule has 2 nitrogen and oxygen atoms in total. The molecule has 0 aliphatic rings. The van der Waals surface area contributed by atoms with Gasteiger partial charge in [0.15, 0.2) is 0 Å². The fourth-order valence-corrected chi connectivity index (χ4v) is 3.16. The number of nitrogens with one attached hydrogen (secondary N) is 1. The summed E-state index contributed by atoms with van der Waals surface area (Å²) in [5.74, 6) is 0.163. The summed E-state index contributed by atoms with van der Waals surface area (Å²) in [6, 6.07) is 4.13. The normalized spacial score (nSPS) is 10.4. The second kappa shape index (κ2) is 8.25. The van der Waals surface area contributed by atoms with Crippen LogP contribution in [0.5, 0.6) is 0 Å². The number of hydrogen-bond donors (Lipinski definition) is 1. The molecule has 90 valence electrons. The summed E-state index contributed by atoms with van der Waals surface area (Å²) in [6.07, 6.45) is 3.58. The fraction of sp³-hybridized carbons (Fsp3) is 0.545. The number of amides is 1. The highest BCUT2D eigenvalue weighted by atomic mass is 79.9. The molecule has 0 aromatic carbocycles. The molecule has 1 amide bonds. The zero-order chi connectivity index (χ0) is 11.8. The van der Waals surface area contributed by atoms with E-state index < -0.39 is 0 Å². The maximum Gasteiger partial charge on any atom is 0.220 e. The number of carbonyl (C=O) groups excluding carboxylic acids is 1. The molecule has 0 spiro atoms. The molecule has 16 heavy (non-hydrogen) atoms. The highest BCUT2D eigenvalue weighted by Gasteiger charge is 2.01. The molecule has 1 N–H and O–H groups in total. The molecule has 0 aliphatic heterocycles. The van der Waals surface area contributed by atoms with Crippen LogP contribution in [0, 0.1) is 0 Å². The topological polar surface area (TPSA) is 29.1 Å². The number of halogens is 2. The molecule has 0 aliphatic carbocycles. The monoisotopic (exact) mass is 367 g/mol.